The van der Waals surface area contributed by atoms with E-state index in [9.17, 15) is 4.79 Å². The maximum absolute atomic E-state index is 11.4. The van der Waals surface area contributed by atoms with E-state index in [-0.39, 0.29) is 5.91 Å². The second-order valence-corrected chi connectivity index (χ2v) is 3.70. The van der Waals surface area contributed by atoms with Crippen LogP contribution in [0.25, 0.3) is 0 Å². The van der Waals surface area contributed by atoms with Gasteiger partial charge in [0.1, 0.15) is 0 Å². The number of rotatable bonds is 6. The lowest BCUT2D eigenvalue weighted by atomic mass is 10.1. The van der Waals surface area contributed by atoms with Crippen LogP contribution in [0.4, 0.5) is 5.69 Å². The maximum Gasteiger partial charge on any atom is 0.220 e. The zero-order valence-electron chi connectivity index (χ0n) is 9.62. The summed E-state index contributed by atoms with van der Waals surface area (Å²) in [5.74, 6) is 0.0899. The number of nitrogen functional groups attached to an aromatic ring is 1. The van der Waals surface area contributed by atoms with Gasteiger partial charge >= 0.3 is 0 Å². The largest absolute Gasteiger partial charge is 0.399 e. The summed E-state index contributed by atoms with van der Waals surface area (Å²) in [7, 11) is 1.86. The number of nitrogens with one attached hydrogen (secondary N) is 2. The molecule has 0 aliphatic rings. The highest BCUT2D eigenvalue weighted by atomic mass is 16.1. The van der Waals surface area contributed by atoms with Crippen LogP contribution in [0.15, 0.2) is 24.3 Å². The topological polar surface area (TPSA) is 67.1 Å². The highest BCUT2D eigenvalue weighted by Crippen LogP contribution is 2.07. The van der Waals surface area contributed by atoms with Crippen LogP contribution >= 0.6 is 0 Å². The number of likely N-dealkylation sites (N-methyl/N-ethyl adjacent to an activating group) is 1. The number of benzene rings is 1. The summed E-state index contributed by atoms with van der Waals surface area (Å²) in [5.41, 5.74) is 7.47. The number of hydrogen-bond donors (Lipinski definition) is 3. The van der Waals surface area contributed by atoms with Gasteiger partial charge in [-0.1, -0.05) is 12.1 Å². The van der Waals surface area contributed by atoms with Gasteiger partial charge in [0, 0.05) is 25.2 Å². The molecule has 1 rings (SSSR count). The number of carbonyl (C=O) groups excluding carboxylic acids is 1. The van der Waals surface area contributed by atoms with Crippen LogP contribution in [-0.4, -0.2) is 26.0 Å². The van der Waals surface area contributed by atoms with E-state index < -0.39 is 0 Å². The van der Waals surface area contributed by atoms with E-state index >= 15 is 0 Å². The maximum atomic E-state index is 11.4. The second-order valence-electron chi connectivity index (χ2n) is 3.70. The lowest BCUT2D eigenvalue weighted by molar-refractivity contribution is -0.121. The Hall–Kier alpha value is -1.55. The molecular formula is C12H19N3O. The van der Waals surface area contributed by atoms with E-state index in [4.69, 9.17) is 5.73 Å². The van der Waals surface area contributed by atoms with Crippen LogP contribution in [0.5, 0.6) is 0 Å². The Balaban J connectivity index is 2.23. The summed E-state index contributed by atoms with van der Waals surface area (Å²) in [6, 6.07) is 7.62. The molecule has 1 aromatic carbocycles. The molecule has 0 saturated carbocycles. The van der Waals surface area contributed by atoms with Gasteiger partial charge in [0.15, 0.2) is 0 Å². The normalized spacial score (nSPS) is 10.1. The minimum atomic E-state index is 0.0899. The summed E-state index contributed by atoms with van der Waals surface area (Å²) in [5, 5.41) is 5.81. The molecule has 0 unspecified atom stereocenters. The molecule has 1 aromatic rings. The van der Waals surface area contributed by atoms with Gasteiger partial charge in [0.2, 0.25) is 5.91 Å². The number of hydrogen-bond acceptors (Lipinski definition) is 3. The minimum absolute atomic E-state index is 0.0899. The van der Waals surface area contributed by atoms with Gasteiger partial charge in [-0.15, -0.1) is 0 Å². The Morgan fingerprint density at radius 3 is 2.56 bits per heavy atom. The molecule has 0 bridgehead atoms. The van der Waals surface area contributed by atoms with Crippen molar-refractivity contribution in [2.75, 3.05) is 25.9 Å². The van der Waals surface area contributed by atoms with Gasteiger partial charge in [-0.05, 0) is 31.2 Å². The first-order valence-corrected chi connectivity index (χ1v) is 5.48. The van der Waals surface area contributed by atoms with Crippen molar-refractivity contribution in [2.24, 2.45) is 0 Å². The molecule has 4 heteroatoms. The van der Waals surface area contributed by atoms with Crippen LogP contribution in [0.3, 0.4) is 0 Å². The van der Waals surface area contributed by atoms with Crippen molar-refractivity contribution >= 4 is 11.6 Å². The molecule has 1 amide bonds. The monoisotopic (exact) mass is 221 g/mol. The number of amides is 1. The molecule has 0 heterocycles. The van der Waals surface area contributed by atoms with Crippen LogP contribution in [0, 0.1) is 0 Å². The summed E-state index contributed by atoms with van der Waals surface area (Å²) in [6.07, 6.45) is 1.28. The SMILES string of the molecule is CNCCNC(=O)CCc1ccc(N)cc1. The third-order valence-electron chi connectivity index (χ3n) is 2.32. The Morgan fingerprint density at radius 2 is 1.94 bits per heavy atom. The molecule has 88 valence electrons. The molecule has 4 N–H and O–H groups in total. The quantitative estimate of drug-likeness (QED) is 0.485. The van der Waals surface area contributed by atoms with Gasteiger partial charge in [0.25, 0.3) is 0 Å². The third kappa shape index (κ3) is 4.79. The molecule has 4 nitrogen and oxygen atoms in total. The van der Waals surface area contributed by atoms with Gasteiger partial charge in [-0.25, -0.2) is 0 Å². The first kappa shape index (κ1) is 12.5. The zero-order chi connectivity index (χ0) is 11.8. The molecule has 0 aliphatic heterocycles. The average molecular weight is 221 g/mol. The molecule has 0 saturated heterocycles. The highest BCUT2D eigenvalue weighted by Gasteiger charge is 2.01. The summed E-state index contributed by atoms with van der Waals surface area (Å²) < 4.78 is 0. The minimum Gasteiger partial charge on any atom is -0.399 e. The molecular weight excluding hydrogens is 202 g/mol. The smallest absolute Gasteiger partial charge is 0.220 e. The van der Waals surface area contributed by atoms with Crippen molar-refractivity contribution < 1.29 is 4.79 Å². The third-order valence-corrected chi connectivity index (χ3v) is 2.32. The standard InChI is InChI=1S/C12H19N3O/c1-14-8-9-15-12(16)7-4-10-2-5-11(13)6-3-10/h2-3,5-6,14H,4,7-9,13H2,1H3,(H,15,16). The Bertz CT molecular complexity index is 322. The van der Waals surface area contributed by atoms with Crippen molar-refractivity contribution in [3.8, 4) is 0 Å². The second kappa shape index (κ2) is 6.85. The highest BCUT2D eigenvalue weighted by molar-refractivity contribution is 5.76. The van der Waals surface area contributed by atoms with Gasteiger partial charge < -0.3 is 16.4 Å². The Kier molecular flexibility index (Phi) is 5.36. The van der Waals surface area contributed by atoms with Crippen molar-refractivity contribution in [1.82, 2.24) is 10.6 Å². The predicted molar refractivity (Wildman–Crippen MR) is 66.1 cm³/mol. The lowest BCUT2D eigenvalue weighted by Crippen LogP contribution is -2.30. The van der Waals surface area contributed by atoms with E-state index in [1.807, 2.05) is 31.3 Å². The summed E-state index contributed by atoms with van der Waals surface area (Å²) in [4.78, 5) is 11.4. The van der Waals surface area contributed by atoms with Gasteiger partial charge in [-0.3, -0.25) is 4.79 Å². The van der Waals surface area contributed by atoms with Crippen LogP contribution in [0.1, 0.15) is 12.0 Å². The summed E-state index contributed by atoms with van der Waals surface area (Å²) >= 11 is 0. The van der Waals surface area contributed by atoms with E-state index in [0.29, 0.717) is 13.0 Å². The molecule has 0 aromatic heterocycles. The fraction of sp³-hybridized carbons (Fsp3) is 0.417. The van der Waals surface area contributed by atoms with E-state index in [0.717, 1.165) is 24.2 Å². The van der Waals surface area contributed by atoms with Crippen LogP contribution in [0.2, 0.25) is 0 Å². The average Bonchev–Trinajstić information content (AvgIpc) is 2.29. The molecule has 16 heavy (non-hydrogen) atoms. The predicted octanol–water partition coefficient (Wildman–Crippen LogP) is 0.537. The Labute approximate surface area is 96.2 Å². The van der Waals surface area contributed by atoms with Crippen molar-refractivity contribution in [2.45, 2.75) is 12.8 Å². The number of aryl methyl sites for hydroxylation is 1. The fourth-order valence-corrected chi connectivity index (χ4v) is 1.36. The molecule has 0 spiro atoms. The van der Waals surface area contributed by atoms with E-state index in [2.05, 4.69) is 10.6 Å². The van der Waals surface area contributed by atoms with Crippen molar-refractivity contribution in [1.29, 1.82) is 0 Å². The molecule has 0 atom stereocenters. The number of carbonyl (C=O) groups is 1. The van der Waals surface area contributed by atoms with Crippen molar-refractivity contribution in [3.63, 3.8) is 0 Å². The van der Waals surface area contributed by atoms with Crippen molar-refractivity contribution in [3.05, 3.63) is 29.8 Å². The van der Waals surface area contributed by atoms with E-state index in [1.54, 1.807) is 0 Å². The Morgan fingerprint density at radius 1 is 1.25 bits per heavy atom. The first-order chi connectivity index (χ1) is 7.72. The number of nitrogens with two attached hydrogens (primary N) is 1. The van der Waals surface area contributed by atoms with Gasteiger partial charge in [-0.2, -0.15) is 0 Å². The molecule has 0 fully saturated rings. The zero-order valence-corrected chi connectivity index (χ0v) is 9.62. The lowest BCUT2D eigenvalue weighted by Gasteiger charge is -2.05. The van der Waals surface area contributed by atoms with Gasteiger partial charge in [0.05, 0.1) is 0 Å². The molecule has 0 aliphatic carbocycles. The number of anilines is 1. The summed E-state index contributed by atoms with van der Waals surface area (Å²) in [6.45, 7) is 1.48. The first-order valence-electron chi connectivity index (χ1n) is 5.48. The van der Waals surface area contributed by atoms with Crippen LogP contribution in [-0.2, 0) is 11.2 Å². The molecule has 0 radical (unpaired) electrons. The van der Waals surface area contributed by atoms with Crippen LogP contribution < -0.4 is 16.4 Å². The van der Waals surface area contributed by atoms with E-state index in [1.165, 1.54) is 0 Å². The fourth-order valence-electron chi connectivity index (χ4n) is 1.36.